The van der Waals surface area contributed by atoms with Gasteiger partial charge in [-0.05, 0) is 32.2 Å². The summed E-state index contributed by atoms with van der Waals surface area (Å²) in [5, 5.41) is 9.25. The lowest BCUT2D eigenvalue weighted by molar-refractivity contribution is -0.146. The van der Waals surface area contributed by atoms with Crippen LogP contribution in [-0.2, 0) is 9.59 Å². The number of rotatable bonds is 3. The molecule has 2 heterocycles. The molecule has 0 aromatic carbocycles. The lowest BCUT2D eigenvalue weighted by atomic mass is 10.0. The van der Waals surface area contributed by atoms with Crippen molar-refractivity contribution in [1.82, 2.24) is 9.80 Å². The van der Waals surface area contributed by atoms with E-state index in [0.717, 1.165) is 45.3 Å². The fourth-order valence-corrected chi connectivity index (χ4v) is 3.23. The average Bonchev–Trinajstić information content (AvgIpc) is 2.38. The SMILES string of the molecule is O=C(O)C1CCCCN1CC(=O)N1CCCCCCC1. The van der Waals surface area contributed by atoms with E-state index in [9.17, 15) is 14.7 Å². The number of hydrogen-bond donors (Lipinski definition) is 1. The third kappa shape index (κ3) is 4.20. The number of aliphatic carboxylic acids is 1. The van der Waals surface area contributed by atoms with Crippen molar-refractivity contribution in [2.24, 2.45) is 0 Å². The fourth-order valence-electron chi connectivity index (χ4n) is 3.23. The minimum atomic E-state index is -0.787. The van der Waals surface area contributed by atoms with Gasteiger partial charge in [-0.3, -0.25) is 14.5 Å². The molecule has 2 aliphatic heterocycles. The molecular weight excluding hydrogens is 256 g/mol. The molecule has 1 atom stereocenters. The van der Waals surface area contributed by atoms with Crippen LogP contribution in [0.2, 0.25) is 0 Å². The highest BCUT2D eigenvalue weighted by Crippen LogP contribution is 2.18. The standard InChI is InChI=1S/C15H26N2O3/c18-14(16-9-5-2-1-3-6-10-16)12-17-11-7-4-8-13(17)15(19)20/h13H,1-12H2,(H,19,20). The molecule has 0 radical (unpaired) electrons. The molecule has 20 heavy (non-hydrogen) atoms. The second-order valence-electron chi connectivity index (χ2n) is 5.97. The van der Waals surface area contributed by atoms with Gasteiger partial charge in [0.15, 0.2) is 0 Å². The number of nitrogens with zero attached hydrogens (tertiary/aromatic N) is 2. The summed E-state index contributed by atoms with van der Waals surface area (Å²) < 4.78 is 0. The van der Waals surface area contributed by atoms with Crippen LogP contribution in [0.25, 0.3) is 0 Å². The Labute approximate surface area is 120 Å². The maximum Gasteiger partial charge on any atom is 0.320 e. The van der Waals surface area contributed by atoms with Gasteiger partial charge in [0.1, 0.15) is 6.04 Å². The van der Waals surface area contributed by atoms with Gasteiger partial charge in [0.25, 0.3) is 0 Å². The Morgan fingerprint density at radius 3 is 2.15 bits per heavy atom. The van der Waals surface area contributed by atoms with Gasteiger partial charge in [-0.15, -0.1) is 0 Å². The fraction of sp³-hybridized carbons (Fsp3) is 0.867. The summed E-state index contributed by atoms with van der Waals surface area (Å²) in [6.07, 6.45) is 8.44. The molecule has 5 heteroatoms. The first kappa shape index (κ1) is 15.3. The van der Waals surface area contributed by atoms with Crippen LogP contribution in [0.1, 0.15) is 51.4 Å². The predicted octanol–water partition coefficient (Wildman–Crippen LogP) is 1.72. The summed E-state index contributed by atoms with van der Waals surface area (Å²) in [6.45, 7) is 2.68. The first-order valence-electron chi connectivity index (χ1n) is 7.93. The van der Waals surface area contributed by atoms with Crippen LogP contribution in [0.3, 0.4) is 0 Å². The van der Waals surface area contributed by atoms with Gasteiger partial charge >= 0.3 is 5.97 Å². The summed E-state index contributed by atoms with van der Waals surface area (Å²) in [6, 6.07) is -0.470. The van der Waals surface area contributed by atoms with Crippen LogP contribution in [0.4, 0.5) is 0 Å². The molecule has 0 spiro atoms. The molecule has 1 unspecified atom stereocenters. The van der Waals surface area contributed by atoms with E-state index >= 15 is 0 Å². The number of hydrogen-bond acceptors (Lipinski definition) is 3. The zero-order chi connectivity index (χ0) is 14.4. The molecule has 2 aliphatic rings. The molecule has 0 bridgehead atoms. The third-order valence-electron chi connectivity index (χ3n) is 4.45. The van der Waals surface area contributed by atoms with Gasteiger partial charge in [0.2, 0.25) is 5.91 Å². The number of likely N-dealkylation sites (tertiary alicyclic amines) is 2. The van der Waals surface area contributed by atoms with Crippen molar-refractivity contribution >= 4 is 11.9 Å². The molecule has 0 aliphatic carbocycles. The van der Waals surface area contributed by atoms with Gasteiger partial charge in [-0.2, -0.15) is 0 Å². The van der Waals surface area contributed by atoms with Crippen molar-refractivity contribution in [2.75, 3.05) is 26.2 Å². The topological polar surface area (TPSA) is 60.9 Å². The van der Waals surface area contributed by atoms with Crippen molar-refractivity contribution in [3.05, 3.63) is 0 Å². The third-order valence-corrected chi connectivity index (χ3v) is 4.45. The summed E-state index contributed by atoms with van der Waals surface area (Å²) in [5.74, 6) is -0.676. The Morgan fingerprint density at radius 1 is 0.900 bits per heavy atom. The maximum absolute atomic E-state index is 12.4. The Balaban J connectivity index is 1.89. The van der Waals surface area contributed by atoms with Gasteiger partial charge < -0.3 is 10.0 Å². The monoisotopic (exact) mass is 282 g/mol. The van der Waals surface area contributed by atoms with Crippen molar-refractivity contribution in [2.45, 2.75) is 57.4 Å². The van der Waals surface area contributed by atoms with E-state index in [-0.39, 0.29) is 12.5 Å². The lowest BCUT2D eigenvalue weighted by Gasteiger charge is -2.34. The Bertz CT molecular complexity index is 338. The molecule has 0 aromatic rings. The number of carbonyl (C=O) groups excluding carboxylic acids is 1. The minimum Gasteiger partial charge on any atom is -0.480 e. The Morgan fingerprint density at radius 2 is 1.50 bits per heavy atom. The molecular formula is C15H26N2O3. The number of carboxylic acids is 1. The molecule has 114 valence electrons. The number of carbonyl (C=O) groups is 2. The number of amides is 1. The highest BCUT2D eigenvalue weighted by Gasteiger charge is 2.30. The summed E-state index contributed by atoms with van der Waals surface area (Å²) in [7, 11) is 0. The van der Waals surface area contributed by atoms with Crippen LogP contribution in [-0.4, -0.2) is 59.0 Å². The van der Waals surface area contributed by atoms with Crippen molar-refractivity contribution in [3.63, 3.8) is 0 Å². The van der Waals surface area contributed by atoms with E-state index in [1.807, 2.05) is 9.80 Å². The zero-order valence-corrected chi connectivity index (χ0v) is 12.2. The highest BCUT2D eigenvalue weighted by molar-refractivity contribution is 5.80. The first-order valence-corrected chi connectivity index (χ1v) is 7.93. The van der Waals surface area contributed by atoms with Crippen LogP contribution in [0.5, 0.6) is 0 Å². The second kappa shape index (κ2) is 7.62. The molecule has 2 saturated heterocycles. The van der Waals surface area contributed by atoms with E-state index in [1.165, 1.54) is 19.3 Å². The summed E-state index contributed by atoms with van der Waals surface area (Å²) >= 11 is 0. The quantitative estimate of drug-likeness (QED) is 0.856. The predicted molar refractivity (Wildman–Crippen MR) is 76.5 cm³/mol. The van der Waals surface area contributed by atoms with Crippen molar-refractivity contribution in [1.29, 1.82) is 0 Å². The number of piperidine rings is 1. The van der Waals surface area contributed by atoms with Gasteiger partial charge in [0.05, 0.1) is 6.54 Å². The Hall–Kier alpha value is -1.10. The van der Waals surface area contributed by atoms with Gasteiger partial charge in [-0.1, -0.05) is 25.7 Å². The average molecular weight is 282 g/mol. The van der Waals surface area contributed by atoms with Crippen LogP contribution in [0.15, 0.2) is 0 Å². The number of carboxylic acid groups (broad SMARTS) is 1. The minimum absolute atomic E-state index is 0.111. The van der Waals surface area contributed by atoms with E-state index in [0.29, 0.717) is 6.42 Å². The van der Waals surface area contributed by atoms with E-state index < -0.39 is 12.0 Å². The van der Waals surface area contributed by atoms with Gasteiger partial charge in [0, 0.05) is 13.1 Å². The van der Waals surface area contributed by atoms with Crippen LogP contribution < -0.4 is 0 Å². The molecule has 5 nitrogen and oxygen atoms in total. The molecule has 2 rings (SSSR count). The normalized spacial score (nSPS) is 25.8. The van der Waals surface area contributed by atoms with Gasteiger partial charge in [-0.25, -0.2) is 0 Å². The smallest absolute Gasteiger partial charge is 0.320 e. The van der Waals surface area contributed by atoms with E-state index in [4.69, 9.17) is 0 Å². The maximum atomic E-state index is 12.4. The molecule has 0 aromatic heterocycles. The molecule has 2 fully saturated rings. The Kier molecular flexibility index (Phi) is 5.83. The molecule has 1 amide bonds. The first-order chi connectivity index (χ1) is 9.68. The molecule has 1 N–H and O–H groups in total. The van der Waals surface area contributed by atoms with Crippen molar-refractivity contribution in [3.8, 4) is 0 Å². The zero-order valence-electron chi connectivity index (χ0n) is 12.2. The van der Waals surface area contributed by atoms with Crippen LogP contribution in [0, 0.1) is 0 Å². The summed E-state index contributed by atoms with van der Waals surface area (Å²) in [4.78, 5) is 27.4. The van der Waals surface area contributed by atoms with E-state index in [2.05, 4.69) is 0 Å². The van der Waals surface area contributed by atoms with Crippen LogP contribution >= 0.6 is 0 Å². The van der Waals surface area contributed by atoms with Crippen molar-refractivity contribution < 1.29 is 14.7 Å². The molecule has 0 saturated carbocycles. The summed E-state index contributed by atoms with van der Waals surface area (Å²) in [5.41, 5.74) is 0. The lowest BCUT2D eigenvalue weighted by Crippen LogP contribution is -2.50. The largest absolute Gasteiger partial charge is 0.480 e. The second-order valence-corrected chi connectivity index (χ2v) is 5.97. The highest BCUT2D eigenvalue weighted by atomic mass is 16.4. The van der Waals surface area contributed by atoms with E-state index in [1.54, 1.807) is 0 Å².